The highest BCUT2D eigenvalue weighted by Crippen LogP contribution is 2.35. The summed E-state index contributed by atoms with van der Waals surface area (Å²) >= 11 is 7.58. The molecule has 0 saturated carbocycles. The second kappa shape index (κ2) is 4.59. The van der Waals surface area contributed by atoms with Crippen molar-refractivity contribution in [1.29, 1.82) is 0 Å². The summed E-state index contributed by atoms with van der Waals surface area (Å²) in [6.07, 6.45) is 0. The molecule has 1 rings (SSSR count). The van der Waals surface area contributed by atoms with Gasteiger partial charge in [0.2, 0.25) is 0 Å². The van der Waals surface area contributed by atoms with Gasteiger partial charge in [-0.2, -0.15) is 0 Å². The maximum atomic E-state index is 12.9. The number of ketones is 1. The van der Waals surface area contributed by atoms with E-state index in [0.29, 0.717) is 9.35 Å². The van der Waals surface area contributed by atoms with E-state index in [2.05, 4.69) is 31.9 Å². The number of rotatable bonds is 3. The average Bonchev–Trinajstić information content (AvgIpc) is 2.43. The van der Waals surface area contributed by atoms with Gasteiger partial charge in [-0.1, -0.05) is 0 Å². The van der Waals surface area contributed by atoms with Gasteiger partial charge in [-0.3, -0.25) is 4.79 Å². The minimum atomic E-state index is -2.99. The van der Waals surface area contributed by atoms with Crippen LogP contribution in [0.2, 0.25) is 0 Å². The molecule has 0 amide bonds. The molecule has 1 atom stereocenters. The van der Waals surface area contributed by atoms with Gasteiger partial charge >= 0.3 is 0 Å². The SMILES string of the molecule is CC(C(=O)c1cc(Br)c(Br)s1)C(C)(F)F. The predicted octanol–water partition coefficient (Wildman–Crippen LogP) is 4.75. The van der Waals surface area contributed by atoms with Gasteiger partial charge in [0, 0.05) is 11.4 Å². The van der Waals surface area contributed by atoms with E-state index < -0.39 is 17.6 Å². The summed E-state index contributed by atoms with van der Waals surface area (Å²) in [5.74, 6) is -4.81. The molecule has 0 aromatic carbocycles. The molecule has 1 unspecified atom stereocenters. The smallest absolute Gasteiger partial charge is 0.255 e. The Morgan fingerprint density at radius 3 is 2.40 bits per heavy atom. The zero-order valence-corrected chi connectivity index (χ0v) is 12.0. The topological polar surface area (TPSA) is 17.1 Å². The molecule has 6 heteroatoms. The Bertz CT molecular complexity index is 364. The largest absolute Gasteiger partial charge is 0.293 e. The zero-order valence-electron chi connectivity index (χ0n) is 7.98. The molecule has 0 spiro atoms. The second-order valence-electron chi connectivity index (χ2n) is 3.27. The molecule has 0 aliphatic rings. The Morgan fingerprint density at radius 1 is 1.53 bits per heavy atom. The molecular formula is C9H8Br2F2OS. The van der Waals surface area contributed by atoms with E-state index in [1.54, 1.807) is 6.07 Å². The lowest BCUT2D eigenvalue weighted by Crippen LogP contribution is -2.28. The van der Waals surface area contributed by atoms with E-state index in [1.807, 2.05) is 0 Å². The summed E-state index contributed by atoms with van der Waals surface area (Å²) in [6, 6.07) is 1.55. The van der Waals surface area contributed by atoms with Crippen LogP contribution in [-0.2, 0) is 0 Å². The summed E-state index contributed by atoms with van der Waals surface area (Å²) in [7, 11) is 0. The van der Waals surface area contributed by atoms with E-state index in [4.69, 9.17) is 0 Å². The van der Waals surface area contributed by atoms with Gasteiger partial charge in [0.05, 0.1) is 14.6 Å². The van der Waals surface area contributed by atoms with Crippen LogP contribution in [0.15, 0.2) is 14.3 Å². The third-order valence-corrected chi connectivity index (χ3v) is 5.31. The average molecular weight is 362 g/mol. The maximum absolute atomic E-state index is 12.9. The second-order valence-corrected chi connectivity index (χ2v) is 6.50. The fourth-order valence-corrected chi connectivity index (χ4v) is 2.98. The summed E-state index contributed by atoms with van der Waals surface area (Å²) in [5, 5.41) is 0. The van der Waals surface area contributed by atoms with Crippen LogP contribution in [0.1, 0.15) is 23.5 Å². The molecule has 1 nitrogen and oxygen atoms in total. The highest BCUT2D eigenvalue weighted by atomic mass is 79.9. The number of thiophene rings is 1. The first kappa shape index (κ1) is 13.3. The number of halogens is 4. The molecular weight excluding hydrogens is 354 g/mol. The van der Waals surface area contributed by atoms with Crippen molar-refractivity contribution in [3.05, 3.63) is 19.2 Å². The van der Waals surface area contributed by atoms with Gasteiger partial charge in [0.1, 0.15) is 0 Å². The minimum absolute atomic E-state index is 0.336. The summed E-state index contributed by atoms with van der Waals surface area (Å²) in [4.78, 5) is 12.0. The van der Waals surface area contributed by atoms with Crippen molar-refractivity contribution >= 4 is 49.0 Å². The van der Waals surface area contributed by atoms with Crippen molar-refractivity contribution in [2.24, 2.45) is 5.92 Å². The normalized spacial score (nSPS) is 14.0. The highest BCUT2D eigenvalue weighted by Gasteiger charge is 2.36. The third kappa shape index (κ3) is 3.07. The van der Waals surface area contributed by atoms with Gasteiger partial charge < -0.3 is 0 Å². The number of Topliss-reactive ketones (excluding diaryl/α,β-unsaturated/α-hetero) is 1. The first-order valence-electron chi connectivity index (χ1n) is 4.10. The highest BCUT2D eigenvalue weighted by molar-refractivity contribution is 9.13. The van der Waals surface area contributed by atoms with Crippen molar-refractivity contribution in [3.63, 3.8) is 0 Å². The molecule has 0 radical (unpaired) electrons. The zero-order chi connectivity index (χ0) is 11.8. The lowest BCUT2D eigenvalue weighted by atomic mass is 9.99. The van der Waals surface area contributed by atoms with Crippen LogP contribution < -0.4 is 0 Å². The molecule has 1 heterocycles. The molecule has 0 saturated heterocycles. The predicted molar refractivity (Wildman–Crippen MR) is 63.8 cm³/mol. The molecule has 15 heavy (non-hydrogen) atoms. The summed E-state index contributed by atoms with van der Waals surface area (Å²) in [5.41, 5.74) is 0. The van der Waals surface area contributed by atoms with Crippen LogP contribution in [0.25, 0.3) is 0 Å². The molecule has 0 aliphatic heterocycles. The Balaban J connectivity index is 2.95. The van der Waals surface area contributed by atoms with Gasteiger partial charge in [-0.25, -0.2) is 8.78 Å². The quantitative estimate of drug-likeness (QED) is 0.710. The molecule has 0 fully saturated rings. The number of alkyl halides is 2. The summed E-state index contributed by atoms with van der Waals surface area (Å²) in [6.45, 7) is 2.00. The standard InChI is InChI=1S/C9H8Br2F2OS/c1-4(9(2,12)13)7(14)6-3-5(10)8(11)15-6/h3-4H,1-2H3. The van der Waals surface area contributed by atoms with Gasteiger partial charge in [0.25, 0.3) is 5.92 Å². The Labute approximate surface area is 107 Å². The first-order valence-corrected chi connectivity index (χ1v) is 6.50. The molecule has 0 N–H and O–H groups in total. The Hall–Kier alpha value is 0.190. The number of hydrogen-bond donors (Lipinski definition) is 0. The van der Waals surface area contributed by atoms with Crippen LogP contribution in [0, 0.1) is 5.92 Å². The maximum Gasteiger partial charge on any atom is 0.255 e. The van der Waals surface area contributed by atoms with Crippen LogP contribution in [-0.4, -0.2) is 11.7 Å². The number of hydrogen-bond acceptors (Lipinski definition) is 2. The van der Waals surface area contributed by atoms with Gasteiger partial charge in [-0.05, 0) is 44.8 Å². The Morgan fingerprint density at radius 2 is 2.07 bits per heavy atom. The third-order valence-electron chi connectivity index (χ3n) is 2.04. The first-order chi connectivity index (χ1) is 6.73. The molecule has 84 valence electrons. The molecule has 0 aliphatic carbocycles. The van der Waals surface area contributed by atoms with Crippen molar-refractivity contribution in [2.45, 2.75) is 19.8 Å². The van der Waals surface area contributed by atoms with Crippen LogP contribution in [0.3, 0.4) is 0 Å². The van der Waals surface area contributed by atoms with Gasteiger partial charge in [0.15, 0.2) is 5.78 Å². The fraction of sp³-hybridized carbons (Fsp3) is 0.444. The van der Waals surface area contributed by atoms with E-state index >= 15 is 0 Å². The van der Waals surface area contributed by atoms with Crippen molar-refractivity contribution in [2.75, 3.05) is 0 Å². The molecule has 1 aromatic heterocycles. The number of carbonyl (C=O) groups excluding carboxylic acids is 1. The molecule has 1 aromatic rings. The van der Waals surface area contributed by atoms with E-state index in [-0.39, 0.29) is 0 Å². The van der Waals surface area contributed by atoms with Crippen LogP contribution in [0.5, 0.6) is 0 Å². The Kier molecular flexibility index (Phi) is 4.06. The summed E-state index contributed by atoms with van der Waals surface area (Å²) < 4.78 is 27.3. The van der Waals surface area contributed by atoms with E-state index in [0.717, 1.165) is 22.0 Å². The van der Waals surface area contributed by atoms with E-state index in [1.165, 1.54) is 6.92 Å². The number of carbonyl (C=O) groups is 1. The van der Waals surface area contributed by atoms with Crippen molar-refractivity contribution in [1.82, 2.24) is 0 Å². The lowest BCUT2D eigenvalue weighted by molar-refractivity contribution is -0.0220. The lowest BCUT2D eigenvalue weighted by Gasteiger charge is -2.16. The van der Waals surface area contributed by atoms with Gasteiger partial charge in [-0.15, -0.1) is 11.3 Å². The van der Waals surface area contributed by atoms with Crippen LogP contribution >= 0.6 is 43.2 Å². The monoisotopic (exact) mass is 360 g/mol. The van der Waals surface area contributed by atoms with Crippen molar-refractivity contribution in [3.8, 4) is 0 Å². The fourth-order valence-electron chi connectivity index (χ4n) is 0.912. The van der Waals surface area contributed by atoms with Crippen LogP contribution in [0.4, 0.5) is 8.78 Å². The van der Waals surface area contributed by atoms with Crippen molar-refractivity contribution < 1.29 is 13.6 Å². The van der Waals surface area contributed by atoms with E-state index in [9.17, 15) is 13.6 Å². The minimum Gasteiger partial charge on any atom is -0.293 e. The molecule has 0 bridgehead atoms.